The Kier molecular flexibility index (Phi) is 4.30. The van der Waals surface area contributed by atoms with Crippen molar-refractivity contribution < 1.29 is 9.26 Å². The van der Waals surface area contributed by atoms with Gasteiger partial charge in [-0.3, -0.25) is 0 Å². The molecule has 0 radical (unpaired) electrons. The summed E-state index contributed by atoms with van der Waals surface area (Å²) in [6.07, 6.45) is 1.82. The lowest BCUT2D eigenvalue weighted by Crippen LogP contribution is -2.10. The van der Waals surface area contributed by atoms with Crippen LogP contribution in [0.25, 0.3) is 0 Å². The first-order valence-electron chi connectivity index (χ1n) is 6.05. The molecule has 0 aliphatic heterocycles. The molecule has 0 bridgehead atoms. The molecule has 0 unspecified atom stereocenters. The molecule has 2 rings (SSSR count). The first-order valence-corrected chi connectivity index (χ1v) is 6.05. The molecule has 2 aromatic rings. The second-order valence-electron chi connectivity index (χ2n) is 4.05. The van der Waals surface area contributed by atoms with Crippen molar-refractivity contribution >= 4 is 0 Å². The summed E-state index contributed by atoms with van der Waals surface area (Å²) in [6, 6.07) is 9.33. The maximum atomic E-state index is 5.89. The third kappa shape index (κ3) is 3.30. The van der Waals surface area contributed by atoms with Gasteiger partial charge in [-0.15, -0.1) is 0 Å². The third-order valence-corrected chi connectivity index (χ3v) is 2.51. The van der Waals surface area contributed by atoms with Crippen LogP contribution in [0.2, 0.25) is 0 Å². The molecule has 1 heterocycles. The van der Waals surface area contributed by atoms with Gasteiger partial charge in [0.2, 0.25) is 11.7 Å². The topological polar surface area (TPSA) is 74.2 Å². The minimum absolute atomic E-state index is 0.187. The Morgan fingerprint density at radius 2 is 2.11 bits per heavy atom. The Bertz CT molecular complexity index is 470. The van der Waals surface area contributed by atoms with Gasteiger partial charge >= 0.3 is 0 Å². The molecular formula is C13H17N3O2. The maximum Gasteiger partial charge on any atom is 0.243 e. The number of rotatable bonds is 6. The zero-order valence-corrected chi connectivity index (χ0v) is 10.4. The summed E-state index contributed by atoms with van der Waals surface area (Å²) in [6.45, 7) is 2.35. The lowest BCUT2D eigenvalue weighted by Gasteiger charge is -2.03. The van der Waals surface area contributed by atoms with Crippen LogP contribution in [0.3, 0.4) is 0 Å². The van der Waals surface area contributed by atoms with E-state index in [-0.39, 0.29) is 12.6 Å². The second kappa shape index (κ2) is 6.16. The molecule has 0 fully saturated rings. The standard InChI is InChI=1S/C13H17N3O2/c1-2-6-11(14)13-15-12(16-18-13)9-17-10-7-4-3-5-8-10/h3-5,7-8,11H,2,6,9,14H2,1H3/t11-/m1/s1. The van der Waals surface area contributed by atoms with E-state index in [0.29, 0.717) is 11.7 Å². The highest BCUT2D eigenvalue weighted by Crippen LogP contribution is 2.14. The van der Waals surface area contributed by atoms with E-state index in [9.17, 15) is 0 Å². The predicted molar refractivity (Wildman–Crippen MR) is 66.9 cm³/mol. The first-order chi connectivity index (χ1) is 8.79. The highest BCUT2D eigenvalue weighted by atomic mass is 16.5. The fraction of sp³-hybridized carbons (Fsp3) is 0.385. The lowest BCUT2D eigenvalue weighted by molar-refractivity contribution is 0.283. The average Bonchev–Trinajstić information content (AvgIpc) is 2.87. The quantitative estimate of drug-likeness (QED) is 0.848. The zero-order chi connectivity index (χ0) is 12.8. The van der Waals surface area contributed by atoms with Gasteiger partial charge in [0.15, 0.2) is 6.61 Å². The number of ether oxygens (including phenoxy) is 1. The van der Waals surface area contributed by atoms with Gasteiger partial charge in [0.1, 0.15) is 5.75 Å². The van der Waals surface area contributed by atoms with Gasteiger partial charge in [-0.1, -0.05) is 36.7 Å². The van der Waals surface area contributed by atoms with Crippen molar-refractivity contribution in [2.45, 2.75) is 32.4 Å². The number of aromatic nitrogens is 2. The van der Waals surface area contributed by atoms with E-state index in [1.165, 1.54) is 0 Å². The fourth-order valence-electron chi connectivity index (χ4n) is 1.58. The second-order valence-corrected chi connectivity index (χ2v) is 4.05. The van der Waals surface area contributed by atoms with Crippen molar-refractivity contribution in [3.8, 4) is 5.75 Å². The van der Waals surface area contributed by atoms with Gasteiger partial charge in [-0.2, -0.15) is 4.98 Å². The minimum Gasteiger partial charge on any atom is -0.485 e. The molecule has 5 nitrogen and oxygen atoms in total. The highest BCUT2D eigenvalue weighted by molar-refractivity contribution is 5.20. The van der Waals surface area contributed by atoms with Crippen LogP contribution in [0.15, 0.2) is 34.9 Å². The van der Waals surface area contributed by atoms with Crippen molar-refractivity contribution in [2.24, 2.45) is 5.73 Å². The van der Waals surface area contributed by atoms with E-state index >= 15 is 0 Å². The highest BCUT2D eigenvalue weighted by Gasteiger charge is 2.13. The van der Waals surface area contributed by atoms with E-state index in [1.807, 2.05) is 30.3 Å². The van der Waals surface area contributed by atoms with Crippen LogP contribution in [0, 0.1) is 0 Å². The van der Waals surface area contributed by atoms with Gasteiger partial charge in [0, 0.05) is 0 Å². The van der Waals surface area contributed by atoms with Gasteiger partial charge in [0.05, 0.1) is 6.04 Å². The SMILES string of the molecule is CCC[C@@H](N)c1nc(COc2ccccc2)no1. The van der Waals surface area contributed by atoms with Crippen molar-refractivity contribution in [2.75, 3.05) is 0 Å². The van der Waals surface area contributed by atoms with Crippen LogP contribution < -0.4 is 10.5 Å². The van der Waals surface area contributed by atoms with Crippen molar-refractivity contribution in [3.05, 3.63) is 42.0 Å². The Labute approximate surface area is 106 Å². The van der Waals surface area contributed by atoms with E-state index in [4.69, 9.17) is 15.0 Å². The molecule has 1 atom stereocenters. The summed E-state index contributed by atoms with van der Waals surface area (Å²) in [5.41, 5.74) is 5.89. The largest absolute Gasteiger partial charge is 0.485 e. The van der Waals surface area contributed by atoms with Crippen LogP contribution in [-0.2, 0) is 6.61 Å². The van der Waals surface area contributed by atoms with Gasteiger partial charge in [-0.25, -0.2) is 0 Å². The Balaban J connectivity index is 1.91. The smallest absolute Gasteiger partial charge is 0.243 e. The number of hydrogen-bond donors (Lipinski definition) is 1. The van der Waals surface area contributed by atoms with Gasteiger partial charge < -0.3 is 15.0 Å². The first kappa shape index (κ1) is 12.6. The molecule has 0 aliphatic rings. The van der Waals surface area contributed by atoms with E-state index in [0.717, 1.165) is 18.6 Å². The Hall–Kier alpha value is -1.88. The molecule has 5 heteroatoms. The summed E-state index contributed by atoms with van der Waals surface area (Å²) in [7, 11) is 0. The van der Waals surface area contributed by atoms with Gasteiger partial charge in [0.25, 0.3) is 0 Å². The molecule has 1 aromatic heterocycles. The summed E-state index contributed by atoms with van der Waals surface area (Å²) < 4.78 is 10.6. The predicted octanol–water partition coefficient (Wildman–Crippen LogP) is 2.45. The molecular weight excluding hydrogens is 230 g/mol. The molecule has 0 spiro atoms. The van der Waals surface area contributed by atoms with Crippen LogP contribution in [0.1, 0.15) is 37.5 Å². The number of benzene rings is 1. The summed E-state index contributed by atoms with van der Waals surface area (Å²) in [5, 5.41) is 3.84. The van der Waals surface area contributed by atoms with Crippen LogP contribution in [0.4, 0.5) is 0 Å². The fourth-order valence-corrected chi connectivity index (χ4v) is 1.58. The van der Waals surface area contributed by atoms with Crippen LogP contribution >= 0.6 is 0 Å². The van der Waals surface area contributed by atoms with Crippen molar-refractivity contribution in [1.82, 2.24) is 10.1 Å². The minimum atomic E-state index is -0.187. The monoisotopic (exact) mass is 247 g/mol. The number of para-hydroxylation sites is 1. The van der Waals surface area contributed by atoms with Crippen LogP contribution in [-0.4, -0.2) is 10.1 Å². The summed E-state index contributed by atoms with van der Waals surface area (Å²) >= 11 is 0. The van der Waals surface area contributed by atoms with Crippen LogP contribution in [0.5, 0.6) is 5.75 Å². The van der Waals surface area contributed by atoms with E-state index in [2.05, 4.69) is 17.1 Å². The maximum absolute atomic E-state index is 5.89. The average molecular weight is 247 g/mol. The normalized spacial score (nSPS) is 12.3. The van der Waals surface area contributed by atoms with Gasteiger partial charge in [-0.05, 0) is 18.6 Å². The lowest BCUT2D eigenvalue weighted by atomic mass is 10.2. The number of nitrogens with two attached hydrogens (primary N) is 1. The van der Waals surface area contributed by atoms with E-state index in [1.54, 1.807) is 0 Å². The van der Waals surface area contributed by atoms with Crippen molar-refractivity contribution in [1.29, 1.82) is 0 Å². The molecule has 0 saturated carbocycles. The molecule has 1 aromatic carbocycles. The van der Waals surface area contributed by atoms with E-state index < -0.39 is 0 Å². The molecule has 2 N–H and O–H groups in total. The third-order valence-electron chi connectivity index (χ3n) is 2.51. The number of nitrogens with zero attached hydrogens (tertiary/aromatic N) is 2. The Morgan fingerprint density at radius 1 is 1.33 bits per heavy atom. The molecule has 96 valence electrons. The molecule has 0 amide bonds. The Morgan fingerprint density at radius 3 is 2.83 bits per heavy atom. The van der Waals surface area contributed by atoms with Crippen molar-refractivity contribution in [3.63, 3.8) is 0 Å². The summed E-state index contributed by atoms with van der Waals surface area (Å²) in [5.74, 6) is 1.77. The zero-order valence-electron chi connectivity index (χ0n) is 10.4. The molecule has 18 heavy (non-hydrogen) atoms. The number of hydrogen-bond acceptors (Lipinski definition) is 5. The molecule has 0 saturated heterocycles. The summed E-state index contributed by atoms with van der Waals surface area (Å²) in [4.78, 5) is 4.22. The molecule has 0 aliphatic carbocycles.